The summed E-state index contributed by atoms with van der Waals surface area (Å²) in [5.74, 6) is 0. The van der Waals surface area contributed by atoms with Gasteiger partial charge in [-0.1, -0.05) is 72.3 Å². The number of fused-ring (bicyclic) bond motifs is 4. The number of alkyl halides is 3. The van der Waals surface area contributed by atoms with Crippen LogP contribution in [0.25, 0.3) is 0 Å². The van der Waals surface area contributed by atoms with Gasteiger partial charge in [-0.05, 0) is 103 Å². The van der Waals surface area contributed by atoms with E-state index >= 15 is 0 Å². The molecule has 0 aromatic heterocycles. The maximum absolute atomic E-state index is 14.0. The van der Waals surface area contributed by atoms with Crippen LogP contribution >= 0.6 is 11.8 Å². The fourth-order valence-corrected chi connectivity index (χ4v) is 7.36. The second kappa shape index (κ2) is 9.74. The van der Waals surface area contributed by atoms with Crippen LogP contribution < -0.4 is 26.2 Å². The minimum atomic E-state index is -4.42. The van der Waals surface area contributed by atoms with Gasteiger partial charge in [0.2, 0.25) is 0 Å². The summed E-state index contributed by atoms with van der Waals surface area (Å²) in [5.41, 5.74) is 8.77. The zero-order chi connectivity index (χ0) is 29.3. The van der Waals surface area contributed by atoms with E-state index < -0.39 is 5.51 Å². The van der Waals surface area contributed by atoms with Crippen molar-refractivity contribution < 1.29 is 13.2 Å². The van der Waals surface area contributed by atoms with E-state index in [2.05, 4.69) is 92.1 Å². The lowest BCUT2D eigenvalue weighted by atomic mass is 9.32. The Bertz CT molecular complexity index is 1880. The van der Waals surface area contributed by atoms with Crippen LogP contribution in [-0.2, 0) is 0 Å². The molecule has 0 aliphatic carbocycles. The van der Waals surface area contributed by atoms with E-state index in [4.69, 9.17) is 0 Å². The Morgan fingerprint density at radius 3 is 1.71 bits per heavy atom. The van der Waals surface area contributed by atoms with Crippen molar-refractivity contribution in [2.45, 2.75) is 38.1 Å². The molecule has 0 spiro atoms. The molecule has 7 heteroatoms. The molecule has 0 saturated heterocycles. The number of rotatable bonds is 3. The molecule has 0 saturated carbocycles. The third kappa shape index (κ3) is 4.13. The Morgan fingerprint density at radius 1 is 0.548 bits per heavy atom. The Hall–Kier alpha value is -4.10. The van der Waals surface area contributed by atoms with Gasteiger partial charge in [0.25, 0.3) is 6.71 Å². The van der Waals surface area contributed by atoms with Gasteiger partial charge in [-0.15, -0.1) is 0 Å². The van der Waals surface area contributed by atoms with E-state index in [1.807, 2.05) is 30.3 Å². The van der Waals surface area contributed by atoms with Crippen LogP contribution in [0.1, 0.15) is 22.3 Å². The first-order valence-corrected chi connectivity index (χ1v) is 14.8. The zero-order valence-electron chi connectivity index (χ0n) is 23.8. The van der Waals surface area contributed by atoms with Gasteiger partial charge in [0, 0.05) is 39.0 Å². The lowest BCUT2D eigenvalue weighted by Gasteiger charge is -2.45. The summed E-state index contributed by atoms with van der Waals surface area (Å²) in [5, 5.41) is 0. The number of aryl methyl sites for hydroxylation is 4. The van der Waals surface area contributed by atoms with Crippen LogP contribution in [0.5, 0.6) is 0 Å². The van der Waals surface area contributed by atoms with Crippen molar-refractivity contribution in [3.63, 3.8) is 0 Å². The summed E-state index contributed by atoms with van der Waals surface area (Å²) in [6.45, 7) is 8.20. The third-order valence-corrected chi connectivity index (χ3v) is 9.16. The molecule has 0 radical (unpaired) electrons. The van der Waals surface area contributed by atoms with Gasteiger partial charge in [0.05, 0.1) is 0 Å². The molecule has 2 aliphatic heterocycles. The summed E-state index contributed by atoms with van der Waals surface area (Å²) in [6, 6.07) is 32.3. The van der Waals surface area contributed by atoms with Crippen molar-refractivity contribution >= 4 is 69.0 Å². The highest BCUT2D eigenvalue weighted by molar-refractivity contribution is 8.00. The SMILES string of the molecule is Cc1ccccc1N1c2cccc(C)c2B2c3cccc(C)c3N(c3ccccc3C)c3cc(SC(F)(F)F)cc1c32. The lowest BCUT2D eigenvalue weighted by molar-refractivity contribution is -0.0328. The first-order chi connectivity index (χ1) is 20.1. The predicted molar refractivity (Wildman–Crippen MR) is 171 cm³/mol. The molecule has 0 bridgehead atoms. The molecule has 0 unspecified atom stereocenters. The zero-order valence-corrected chi connectivity index (χ0v) is 24.6. The topological polar surface area (TPSA) is 6.48 Å². The highest BCUT2D eigenvalue weighted by Crippen LogP contribution is 2.49. The normalized spacial score (nSPS) is 13.5. The second-order valence-corrected chi connectivity index (χ2v) is 12.3. The molecule has 0 amide bonds. The van der Waals surface area contributed by atoms with Crippen molar-refractivity contribution in [2.24, 2.45) is 0 Å². The van der Waals surface area contributed by atoms with E-state index in [-0.39, 0.29) is 23.4 Å². The average molecular weight is 576 g/mol. The van der Waals surface area contributed by atoms with Crippen molar-refractivity contribution in [3.05, 3.63) is 119 Å². The van der Waals surface area contributed by atoms with Gasteiger partial charge in [-0.3, -0.25) is 0 Å². The monoisotopic (exact) mass is 576 g/mol. The van der Waals surface area contributed by atoms with Gasteiger partial charge < -0.3 is 9.80 Å². The standard InChI is InChI=1S/C35H28BF3N2S/c1-21-11-5-7-16-27(21)40-29-18-10-13-23(3)32(29)36-26-15-9-14-24(4)34(26)41(28-17-8-6-12-22(28)2)31-20-25(42-35(37,38)39)19-30(40)33(31)36/h5-20H,1-4H3. The first kappa shape index (κ1) is 26.8. The third-order valence-electron chi connectivity index (χ3n) is 8.46. The molecular weight excluding hydrogens is 548 g/mol. The van der Waals surface area contributed by atoms with Crippen molar-refractivity contribution in [1.29, 1.82) is 0 Å². The fourth-order valence-electron chi connectivity index (χ4n) is 6.76. The van der Waals surface area contributed by atoms with Gasteiger partial charge in [-0.25, -0.2) is 0 Å². The summed E-state index contributed by atoms with van der Waals surface area (Å²) >= 11 is -0.0521. The second-order valence-electron chi connectivity index (χ2n) is 11.1. The van der Waals surface area contributed by atoms with Gasteiger partial charge in [0.15, 0.2) is 0 Å². The van der Waals surface area contributed by atoms with Gasteiger partial charge >= 0.3 is 5.51 Å². The molecule has 0 atom stereocenters. The van der Waals surface area contributed by atoms with E-state index in [9.17, 15) is 13.2 Å². The Morgan fingerprint density at radius 2 is 1.07 bits per heavy atom. The largest absolute Gasteiger partial charge is 0.446 e. The Kier molecular flexibility index (Phi) is 6.21. The first-order valence-electron chi connectivity index (χ1n) is 14.0. The van der Waals surface area contributed by atoms with E-state index in [0.717, 1.165) is 67.3 Å². The number of hydrogen-bond donors (Lipinski definition) is 0. The van der Waals surface area contributed by atoms with Crippen LogP contribution in [0.15, 0.2) is 102 Å². The number of halogens is 3. The van der Waals surface area contributed by atoms with Crippen LogP contribution in [0, 0.1) is 27.7 Å². The molecule has 0 N–H and O–H groups in total. The van der Waals surface area contributed by atoms with Gasteiger partial charge in [-0.2, -0.15) is 13.2 Å². The molecule has 7 rings (SSSR count). The molecule has 208 valence electrons. The van der Waals surface area contributed by atoms with E-state index in [0.29, 0.717) is 0 Å². The molecule has 2 heterocycles. The van der Waals surface area contributed by atoms with Crippen LogP contribution in [0.3, 0.4) is 0 Å². The predicted octanol–water partition coefficient (Wildman–Crippen LogP) is 8.61. The maximum atomic E-state index is 14.0. The summed E-state index contributed by atoms with van der Waals surface area (Å²) in [6.07, 6.45) is 0. The Balaban J connectivity index is 1.65. The Labute approximate surface area is 248 Å². The number of benzene rings is 5. The summed E-state index contributed by atoms with van der Waals surface area (Å²) in [7, 11) is 0. The van der Waals surface area contributed by atoms with Crippen molar-refractivity contribution in [2.75, 3.05) is 9.80 Å². The van der Waals surface area contributed by atoms with Crippen molar-refractivity contribution in [1.82, 2.24) is 0 Å². The highest BCUT2D eigenvalue weighted by Gasteiger charge is 2.45. The fraction of sp³-hybridized carbons (Fsp3) is 0.143. The lowest BCUT2D eigenvalue weighted by Crippen LogP contribution is -2.62. The molecule has 5 aromatic rings. The summed E-state index contributed by atoms with van der Waals surface area (Å²) < 4.78 is 42.0. The number of nitrogens with zero attached hydrogens (tertiary/aromatic N) is 2. The van der Waals surface area contributed by atoms with E-state index in [1.165, 1.54) is 5.46 Å². The molecule has 0 fully saturated rings. The number of para-hydroxylation sites is 3. The number of hydrogen-bond acceptors (Lipinski definition) is 3. The van der Waals surface area contributed by atoms with Gasteiger partial charge in [0.1, 0.15) is 0 Å². The number of thioether (sulfide) groups is 1. The minimum absolute atomic E-state index is 0.0521. The van der Waals surface area contributed by atoms with Crippen LogP contribution in [0.2, 0.25) is 0 Å². The molecule has 42 heavy (non-hydrogen) atoms. The summed E-state index contributed by atoms with van der Waals surface area (Å²) in [4.78, 5) is 4.53. The quantitative estimate of drug-likeness (QED) is 0.154. The van der Waals surface area contributed by atoms with Crippen LogP contribution in [0.4, 0.5) is 47.3 Å². The number of anilines is 6. The van der Waals surface area contributed by atoms with Crippen LogP contribution in [-0.4, -0.2) is 12.2 Å². The van der Waals surface area contributed by atoms with Crippen molar-refractivity contribution in [3.8, 4) is 0 Å². The highest BCUT2D eigenvalue weighted by atomic mass is 32.2. The molecule has 2 aliphatic rings. The smallest absolute Gasteiger partial charge is 0.311 e. The minimum Gasteiger partial charge on any atom is -0.311 e. The molecule has 2 nitrogen and oxygen atoms in total. The molecular formula is C35H28BF3N2S. The maximum Gasteiger partial charge on any atom is 0.446 e. The molecule has 5 aromatic carbocycles. The average Bonchev–Trinajstić information content (AvgIpc) is 2.94. The van der Waals surface area contributed by atoms with E-state index in [1.54, 1.807) is 12.1 Å².